The molecule has 1 aromatic rings. The molecule has 0 saturated carbocycles. The Hall–Kier alpha value is -1.18. The van der Waals surface area contributed by atoms with Crippen LogP contribution in [-0.2, 0) is 14.8 Å². The highest BCUT2D eigenvalue weighted by Crippen LogP contribution is 2.23. The molecular formula is C10H11ClFNO4S. The minimum atomic E-state index is -4.07. The Balaban J connectivity index is 2.78. The summed E-state index contributed by atoms with van der Waals surface area (Å²) in [5, 5.41) is 8.17. The molecule has 0 unspecified atom stereocenters. The zero-order valence-electron chi connectivity index (χ0n) is 9.19. The highest BCUT2D eigenvalue weighted by Gasteiger charge is 2.21. The van der Waals surface area contributed by atoms with Gasteiger partial charge in [-0.05, 0) is 18.6 Å². The molecule has 18 heavy (non-hydrogen) atoms. The highest BCUT2D eigenvalue weighted by molar-refractivity contribution is 7.89. The first-order valence-corrected chi connectivity index (χ1v) is 6.86. The summed E-state index contributed by atoms with van der Waals surface area (Å²) in [6, 6.07) is 3.54. The Bertz CT molecular complexity index is 527. The molecule has 2 N–H and O–H groups in total. The minimum absolute atomic E-state index is 0.0979. The summed E-state index contributed by atoms with van der Waals surface area (Å²) >= 11 is 5.62. The number of nitrogens with one attached hydrogen (secondary N) is 1. The third-order valence-electron chi connectivity index (χ3n) is 2.05. The van der Waals surface area contributed by atoms with Crippen molar-refractivity contribution in [1.29, 1.82) is 0 Å². The maximum Gasteiger partial charge on any atom is 0.303 e. The van der Waals surface area contributed by atoms with Gasteiger partial charge >= 0.3 is 5.97 Å². The second kappa shape index (κ2) is 6.12. The molecule has 1 aromatic carbocycles. The number of benzene rings is 1. The highest BCUT2D eigenvalue weighted by atomic mass is 35.5. The smallest absolute Gasteiger partial charge is 0.303 e. The molecule has 0 fully saturated rings. The average Bonchev–Trinajstić information content (AvgIpc) is 2.23. The molecule has 0 spiro atoms. The fourth-order valence-corrected chi connectivity index (χ4v) is 2.93. The largest absolute Gasteiger partial charge is 0.481 e. The number of carboxylic acid groups (broad SMARTS) is 1. The Morgan fingerprint density at radius 1 is 1.44 bits per heavy atom. The summed E-state index contributed by atoms with van der Waals surface area (Å²) in [6.45, 7) is -0.0979. The number of carbonyl (C=O) groups is 1. The molecule has 0 aliphatic heterocycles. The number of carboxylic acids is 1. The van der Waals surface area contributed by atoms with Gasteiger partial charge in [0.2, 0.25) is 10.0 Å². The van der Waals surface area contributed by atoms with E-state index in [1.54, 1.807) is 0 Å². The van der Waals surface area contributed by atoms with Gasteiger partial charge in [-0.25, -0.2) is 17.5 Å². The van der Waals surface area contributed by atoms with E-state index in [0.717, 1.165) is 6.07 Å². The van der Waals surface area contributed by atoms with Gasteiger partial charge in [0.25, 0.3) is 0 Å². The first kappa shape index (κ1) is 14.9. The number of hydrogen-bond donors (Lipinski definition) is 2. The molecule has 0 saturated heterocycles. The van der Waals surface area contributed by atoms with Crippen LogP contribution in [0.2, 0.25) is 5.02 Å². The topological polar surface area (TPSA) is 83.5 Å². The predicted octanol–water partition coefficient (Wildman–Crippen LogP) is 1.62. The summed E-state index contributed by atoms with van der Waals surface area (Å²) in [7, 11) is -4.07. The van der Waals surface area contributed by atoms with Gasteiger partial charge in [0, 0.05) is 13.0 Å². The fourth-order valence-electron chi connectivity index (χ4n) is 1.26. The van der Waals surface area contributed by atoms with Gasteiger partial charge < -0.3 is 5.11 Å². The van der Waals surface area contributed by atoms with Crippen molar-refractivity contribution >= 4 is 27.6 Å². The summed E-state index contributed by atoms with van der Waals surface area (Å²) in [6.07, 6.45) is -0.0614. The molecule has 0 aliphatic rings. The summed E-state index contributed by atoms with van der Waals surface area (Å²) in [5.41, 5.74) is 0. The summed E-state index contributed by atoms with van der Waals surface area (Å²) < 4.78 is 39.0. The molecule has 0 bridgehead atoms. The number of aliphatic carboxylic acids is 1. The lowest BCUT2D eigenvalue weighted by Crippen LogP contribution is -2.26. The molecule has 0 radical (unpaired) electrons. The minimum Gasteiger partial charge on any atom is -0.481 e. The van der Waals surface area contributed by atoms with Gasteiger partial charge in [-0.15, -0.1) is 0 Å². The normalized spacial score (nSPS) is 11.4. The van der Waals surface area contributed by atoms with Crippen molar-refractivity contribution < 1.29 is 22.7 Å². The van der Waals surface area contributed by atoms with Crippen LogP contribution < -0.4 is 4.72 Å². The van der Waals surface area contributed by atoms with Crippen LogP contribution in [0, 0.1) is 5.82 Å². The van der Waals surface area contributed by atoms with E-state index in [1.165, 1.54) is 12.1 Å². The van der Waals surface area contributed by atoms with Crippen molar-refractivity contribution in [1.82, 2.24) is 4.72 Å². The van der Waals surface area contributed by atoms with E-state index in [1.807, 2.05) is 0 Å². The molecule has 5 nitrogen and oxygen atoms in total. The first-order chi connectivity index (χ1) is 8.34. The standard InChI is InChI=1S/C10H11ClFNO4S/c11-7-3-1-4-8(12)10(7)18(16,17)13-6-2-5-9(14)15/h1,3-4,13H,2,5-6H2,(H,14,15). The van der Waals surface area contributed by atoms with Crippen molar-refractivity contribution in [3.8, 4) is 0 Å². The third kappa shape index (κ3) is 3.94. The van der Waals surface area contributed by atoms with Gasteiger partial charge in [0.05, 0.1) is 5.02 Å². The van der Waals surface area contributed by atoms with Crippen molar-refractivity contribution in [3.63, 3.8) is 0 Å². The second-order valence-electron chi connectivity index (χ2n) is 3.45. The molecule has 0 amide bonds. The van der Waals surface area contributed by atoms with Gasteiger partial charge in [-0.1, -0.05) is 17.7 Å². The van der Waals surface area contributed by atoms with Gasteiger partial charge in [0.15, 0.2) is 0 Å². The lowest BCUT2D eigenvalue weighted by molar-refractivity contribution is -0.137. The fraction of sp³-hybridized carbons (Fsp3) is 0.300. The zero-order valence-corrected chi connectivity index (χ0v) is 10.8. The summed E-state index contributed by atoms with van der Waals surface area (Å²) in [4.78, 5) is 9.62. The van der Waals surface area contributed by atoms with Crippen molar-refractivity contribution in [2.45, 2.75) is 17.7 Å². The second-order valence-corrected chi connectivity index (χ2v) is 5.56. The molecule has 100 valence electrons. The van der Waals surface area contributed by atoms with Crippen LogP contribution in [0.15, 0.2) is 23.1 Å². The SMILES string of the molecule is O=C(O)CCCNS(=O)(=O)c1c(F)cccc1Cl. The van der Waals surface area contributed by atoms with Crippen molar-refractivity contribution in [2.24, 2.45) is 0 Å². The van der Waals surface area contributed by atoms with Crippen LogP contribution in [-0.4, -0.2) is 26.0 Å². The van der Waals surface area contributed by atoms with Crippen LogP contribution in [0.3, 0.4) is 0 Å². The lowest BCUT2D eigenvalue weighted by atomic mass is 10.3. The van der Waals surface area contributed by atoms with Gasteiger partial charge in [-0.2, -0.15) is 0 Å². The Labute approximate surface area is 109 Å². The van der Waals surface area contributed by atoms with Crippen molar-refractivity contribution in [2.75, 3.05) is 6.54 Å². The van der Waals surface area contributed by atoms with E-state index < -0.39 is 26.7 Å². The van der Waals surface area contributed by atoms with Crippen LogP contribution in [0.25, 0.3) is 0 Å². The van der Waals surface area contributed by atoms with E-state index in [2.05, 4.69) is 4.72 Å². The molecule has 0 aliphatic carbocycles. The maximum atomic E-state index is 13.4. The van der Waals surface area contributed by atoms with E-state index in [-0.39, 0.29) is 24.4 Å². The van der Waals surface area contributed by atoms with Crippen LogP contribution in [0.1, 0.15) is 12.8 Å². The average molecular weight is 296 g/mol. The van der Waals surface area contributed by atoms with Gasteiger partial charge in [0.1, 0.15) is 10.7 Å². The Morgan fingerprint density at radius 2 is 2.11 bits per heavy atom. The molecule has 0 heterocycles. The van der Waals surface area contributed by atoms with Crippen LogP contribution >= 0.6 is 11.6 Å². The monoisotopic (exact) mass is 295 g/mol. The number of hydrogen-bond acceptors (Lipinski definition) is 3. The van der Waals surface area contributed by atoms with E-state index >= 15 is 0 Å². The molecule has 0 aromatic heterocycles. The Kier molecular flexibility index (Phi) is 5.06. The zero-order chi connectivity index (χ0) is 13.8. The molecule has 0 atom stereocenters. The van der Waals surface area contributed by atoms with E-state index in [9.17, 15) is 17.6 Å². The number of halogens is 2. The quantitative estimate of drug-likeness (QED) is 0.781. The number of rotatable bonds is 6. The van der Waals surface area contributed by atoms with Gasteiger partial charge in [-0.3, -0.25) is 4.79 Å². The molecule has 8 heteroatoms. The molecular weight excluding hydrogens is 285 g/mol. The van der Waals surface area contributed by atoms with Crippen molar-refractivity contribution in [3.05, 3.63) is 29.0 Å². The predicted molar refractivity (Wildman–Crippen MR) is 63.5 cm³/mol. The maximum absolute atomic E-state index is 13.4. The number of sulfonamides is 1. The Morgan fingerprint density at radius 3 is 2.67 bits per heavy atom. The summed E-state index contributed by atoms with van der Waals surface area (Å²) in [5.74, 6) is -1.98. The molecule has 1 rings (SSSR count). The van der Waals surface area contributed by atoms with Crippen LogP contribution in [0.5, 0.6) is 0 Å². The van der Waals surface area contributed by atoms with Crippen LogP contribution in [0.4, 0.5) is 4.39 Å². The third-order valence-corrected chi connectivity index (χ3v) is 4.01. The van der Waals surface area contributed by atoms with E-state index in [0.29, 0.717) is 0 Å². The van der Waals surface area contributed by atoms with E-state index in [4.69, 9.17) is 16.7 Å². The first-order valence-electron chi connectivity index (χ1n) is 5.00. The lowest BCUT2D eigenvalue weighted by Gasteiger charge is -2.08.